The van der Waals surface area contributed by atoms with Gasteiger partial charge in [-0.2, -0.15) is 0 Å². The largest absolute Gasteiger partial charge is 0.379 e. The molecule has 0 radical (unpaired) electrons. The van der Waals surface area contributed by atoms with Crippen molar-refractivity contribution in [2.24, 2.45) is 0 Å². The van der Waals surface area contributed by atoms with Gasteiger partial charge >= 0.3 is 5.69 Å². The Bertz CT molecular complexity index is 920. The van der Waals surface area contributed by atoms with Crippen LogP contribution in [0.5, 0.6) is 0 Å². The molecule has 2 aliphatic heterocycles. The van der Waals surface area contributed by atoms with Crippen LogP contribution in [-0.4, -0.2) is 95.0 Å². The number of rotatable bonds is 8. The highest BCUT2D eigenvalue weighted by molar-refractivity contribution is 9.10. The van der Waals surface area contributed by atoms with E-state index >= 15 is 0 Å². The maximum atomic E-state index is 12.9. The van der Waals surface area contributed by atoms with Gasteiger partial charge in [0, 0.05) is 45.2 Å². The van der Waals surface area contributed by atoms with E-state index in [4.69, 9.17) is 19.4 Å². The Kier molecular flexibility index (Phi) is 7.76. The number of morpholine rings is 2. The lowest BCUT2D eigenvalue weighted by molar-refractivity contribution is 0.0312. The number of ether oxygens (including phenoxy) is 2. The van der Waals surface area contributed by atoms with Crippen LogP contribution in [0.2, 0.25) is 0 Å². The van der Waals surface area contributed by atoms with Gasteiger partial charge in [-0.25, -0.2) is 14.8 Å². The highest BCUT2D eigenvalue weighted by Gasteiger charge is 2.25. The van der Waals surface area contributed by atoms with Gasteiger partial charge in [-0.05, 0) is 28.8 Å². The average Bonchev–Trinajstić information content (AvgIpc) is 3.11. The van der Waals surface area contributed by atoms with E-state index in [1.165, 1.54) is 0 Å². The number of nitrogens with zero attached hydrogens (tertiary/aromatic N) is 5. The van der Waals surface area contributed by atoms with Crippen molar-refractivity contribution in [3.8, 4) is 0 Å². The summed E-state index contributed by atoms with van der Waals surface area (Å²) in [6, 6.07) is 0.0433. The lowest BCUT2D eigenvalue weighted by Gasteiger charge is -2.30. The Morgan fingerprint density at radius 1 is 0.968 bits per heavy atom. The van der Waals surface area contributed by atoms with Crippen molar-refractivity contribution in [2.75, 3.05) is 65.7 Å². The molecule has 2 aromatic heterocycles. The fraction of sp³-hybridized carbons (Fsp3) is 0.762. The van der Waals surface area contributed by atoms with E-state index in [2.05, 4.69) is 44.6 Å². The van der Waals surface area contributed by atoms with Crippen LogP contribution in [0.25, 0.3) is 11.3 Å². The van der Waals surface area contributed by atoms with Crippen LogP contribution in [-0.2, 0) is 9.47 Å². The van der Waals surface area contributed by atoms with Crippen LogP contribution in [0.3, 0.4) is 0 Å². The van der Waals surface area contributed by atoms with Gasteiger partial charge in [-0.3, -0.25) is 19.4 Å². The lowest BCUT2D eigenvalue weighted by Crippen LogP contribution is -2.41. The normalized spacial score (nSPS) is 20.9. The molecule has 0 aromatic carbocycles. The van der Waals surface area contributed by atoms with E-state index in [1.807, 2.05) is 0 Å². The number of H-pyrrole nitrogens is 1. The molecule has 4 rings (SSSR count). The second-order valence-electron chi connectivity index (χ2n) is 8.37. The summed E-state index contributed by atoms with van der Waals surface area (Å²) < 4.78 is 13.5. The van der Waals surface area contributed by atoms with E-state index in [-0.39, 0.29) is 17.6 Å². The Labute approximate surface area is 191 Å². The number of hydrogen-bond acceptors (Lipinski definition) is 7. The minimum absolute atomic E-state index is 0.0433. The first-order valence-electron chi connectivity index (χ1n) is 11.4. The molecule has 10 heteroatoms. The van der Waals surface area contributed by atoms with Gasteiger partial charge in [0.25, 0.3) is 0 Å². The van der Waals surface area contributed by atoms with E-state index in [1.54, 1.807) is 4.57 Å². The van der Waals surface area contributed by atoms with Crippen molar-refractivity contribution in [1.82, 2.24) is 29.3 Å². The number of aromatic nitrogens is 4. The minimum atomic E-state index is -0.139. The first-order chi connectivity index (χ1) is 15.1. The number of halogens is 1. The molecule has 0 spiro atoms. The maximum absolute atomic E-state index is 12.9. The molecule has 2 saturated heterocycles. The molecule has 1 unspecified atom stereocenters. The van der Waals surface area contributed by atoms with Crippen molar-refractivity contribution in [1.29, 1.82) is 0 Å². The van der Waals surface area contributed by atoms with Gasteiger partial charge in [-0.15, -0.1) is 0 Å². The van der Waals surface area contributed by atoms with Crippen LogP contribution in [0, 0.1) is 0 Å². The topological polar surface area (TPSA) is 88.5 Å². The zero-order valence-corrected chi connectivity index (χ0v) is 20.1. The number of hydrogen-bond donors (Lipinski definition) is 1. The first-order valence-corrected chi connectivity index (χ1v) is 12.2. The Balaban J connectivity index is 1.61. The van der Waals surface area contributed by atoms with Gasteiger partial charge in [0.2, 0.25) is 0 Å². The molecule has 2 aromatic rings. The molecule has 9 nitrogen and oxygen atoms in total. The molecular formula is C21H33BrN6O3. The van der Waals surface area contributed by atoms with Gasteiger partial charge in [0.05, 0.1) is 38.2 Å². The van der Waals surface area contributed by atoms with Gasteiger partial charge in [0.1, 0.15) is 4.60 Å². The summed E-state index contributed by atoms with van der Waals surface area (Å²) in [5, 5.41) is 0. The van der Waals surface area contributed by atoms with Crippen molar-refractivity contribution in [2.45, 2.75) is 38.6 Å². The first kappa shape index (κ1) is 22.8. The number of fused-ring (bicyclic) bond motifs is 1. The summed E-state index contributed by atoms with van der Waals surface area (Å²) in [5.74, 6) is 0.242. The van der Waals surface area contributed by atoms with E-state index in [0.29, 0.717) is 11.3 Å². The van der Waals surface area contributed by atoms with E-state index in [9.17, 15) is 4.79 Å². The van der Waals surface area contributed by atoms with Crippen molar-refractivity contribution in [3.63, 3.8) is 0 Å². The molecule has 0 aliphatic carbocycles. The third-order valence-corrected chi connectivity index (χ3v) is 6.99. The third-order valence-electron chi connectivity index (χ3n) is 6.40. The predicted octanol–water partition coefficient (Wildman–Crippen LogP) is 1.99. The van der Waals surface area contributed by atoms with Gasteiger partial charge in [0.15, 0.2) is 11.3 Å². The molecule has 0 bridgehead atoms. The summed E-state index contributed by atoms with van der Waals surface area (Å²) in [4.78, 5) is 30.3. The molecule has 172 valence electrons. The highest BCUT2D eigenvalue weighted by Crippen LogP contribution is 2.28. The van der Waals surface area contributed by atoms with Gasteiger partial charge in [-0.1, -0.05) is 13.8 Å². The number of imidazole rings is 1. The third kappa shape index (κ3) is 5.19. The zero-order valence-electron chi connectivity index (χ0n) is 18.5. The second kappa shape index (κ2) is 10.5. The van der Waals surface area contributed by atoms with Crippen LogP contribution in [0.1, 0.15) is 44.3 Å². The Morgan fingerprint density at radius 3 is 2.16 bits per heavy atom. The smallest absolute Gasteiger partial charge is 0.329 e. The van der Waals surface area contributed by atoms with Crippen LogP contribution in [0.15, 0.2) is 9.40 Å². The summed E-state index contributed by atoms with van der Waals surface area (Å²) in [5.41, 5.74) is 1.97. The quantitative estimate of drug-likeness (QED) is 0.597. The van der Waals surface area contributed by atoms with Crippen LogP contribution >= 0.6 is 15.9 Å². The molecule has 2 aliphatic rings. The summed E-state index contributed by atoms with van der Waals surface area (Å²) in [6.45, 7) is 12.7. The standard InChI is InChI=1S/C21H33BrN6O3/c1-3-15(13-26-5-9-30-10-6-26)17-18(22)24-20-19(23-17)25-21(29)28(20)16(4-2)14-27-7-11-31-12-8-27/h15-16H,3-14H2,1-2H3,(H,23,25,29)/t15-,16?/m0/s1. The zero-order chi connectivity index (χ0) is 21.8. The molecule has 31 heavy (non-hydrogen) atoms. The molecule has 1 N–H and O–H groups in total. The van der Waals surface area contributed by atoms with Crippen molar-refractivity contribution < 1.29 is 9.47 Å². The van der Waals surface area contributed by atoms with E-state index in [0.717, 1.165) is 88.8 Å². The van der Waals surface area contributed by atoms with Crippen LogP contribution < -0.4 is 5.69 Å². The van der Waals surface area contributed by atoms with Crippen molar-refractivity contribution in [3.05, 3.63) is 20.8 Å². The SMILES string of the molecule is CCC(CN1CCOCC1)n1c(=O)[nH]c2nc([C@@H](CC)CN3CCOCC3)c(Br)nc21. The number of aromatic amines is 1. The average molecular weight is 497 g/mol. The Morgan fingerprint density at radius 2 is 1.58 bits per heavy atom. The molecule has 4 heterocycles. The molecule has 0 saturated carbocycles. The lowest BCUT2D eigenvalue weighted by atomic mass is 10.0. The molecule has 0 amide bonds. The molecule has 2 atom stereocenters. The van der Waals surface area contributed by atoms with Crippen molar-refractivity contribution >= 4 is 27.2 Å². The fourth-order valence-corrected chi connectivity index (χ4v) is 5.09. The van der Waals surface area contributed by atoms with E-state index < -0.39 is 0 Å². The summed E-state index contributed by atoms with van der Waals surface area (Å²) >= 11 is 3.66. The number of nitrogens with one attached hydrogen (secondary N) is 1. The molecular weight excluding hydrogens is 464 g/mol. The predicted molar refractivity (Wildman–Crippen MR) is 123 cm³/mol. The maximum Gasteiger partial charge on any atom is 0.329 e. The monoisotopic (exact) mass is 496 g/mol. The summed E-state index contributed by atoms with van der Waals surface area (Å²) in [6.07, 6.45) is 1.80. The summed E-state index contributed by atoms with van der Waals surface area (Å²) in [7, 11) is 0. The fourth-order valence-electron chi connectivity index (χ4n) is 4.51. The van der Waals surface area contributed by atoms with Gasteiger partial charge < -0.3 is 9.47 Å². The Hall–Kier alpha value is -1.33. The minimum Gasteiger partial charge on any atom is -0.379 e. The highest BCUT2D eigenvalue weighted by atomic mass is 79.9. The second-order valence-corrected chi connectivity index (χ2v) is 9.12. The van der Waals surface area contributed by atoms with Crippen LogP contribution in [0.4, 0.5) is 0 Å². The molecule has 2 fully saturated rings.